The van der Waals surface area contributed by atoms with Crippen LogP contribution in [-0.2, 0) is 11.3 Å². The maximum Gasteiger partial charge on any atom is 0.237 e. The van der Waals surface area contributed by atoms with E-state index in [0.717, 1.165) is 31.4 Å². The third-order valence-corrected chi connectivity index (χ3v) is 4.79. The highest BCUT2D eigenvalue weighted by Gasteiger charge is 2.24. The van der Waals surface area contributed by atoms with E-state index in [1.807, 2.05) is 37.4 Å². The zero-order valence-corrected chi connectivity index (χ0v) is 14.6. The Labute approximate surface area is 147 Å². The van der Waals surface area contributed by atoms with Gasteiger partial charge in [-0.3, -0.25) is 9.69 Å². The number of hydrogen-bond donors (Lipinski definition) is 1. The van der Waals surface area contributed by atoms with Gasteiger partial charge in [0.2, 0.25) is 5.91 Å². The quantitative estimate of drug-likeness (QED) is 0.919. The highest BCUT2D eigenvalue weighted by Crippen LogP contribution is 2.27. The van der Waals surface area contributed by atoms with Gasteiger partial charge in [0.1, 0.15) is 5.69 Å². The lowest BCUT2D eigenvalue weighted by molar-refractivity contribution is -0.126. The molecule has 128 valence electrons. The summed E-state index contributed by atoms with van der Waals surface area (Å²) in [4.78, 5) is 14.6. The maximum atomic E-state index is 12.4. The number of likely N-dealkylation sites (N-methyl/N-ethyl adjacent to an activating group) is 1. The van der Waals surface area contributed by atoms with Crippen molar-refractivity contribution in [3.63, 3.8) is 0 Å². The fraction of sp³-hybridized carbons (Fsp3) is 0.444. The fourth-order valence-corrected chi connectivity index (χ4v) is 3.29. The lowest BCUT2D eigenvalue weighted by Crippen LogP contribution is -2.44. The van der Waals surface area contributed by atoms with Crippen LogP contribution in [0.2, 0.25) is 5.02 Å². The number of halogens is 1. The number of aromatic nitrogens is 1. The van der Waals surface area contributed by atoms with Gasteiger partial charge in [-0.1, -0.05) is 41.7 Å². The maximum absolute atomic E-state index is 12.4. The minimum atomic E-state index is -0.0533. The average Bonchev–Trinajstić information content (AvgIpc) is 2.94. The first-order valence-corrected chi connectivity index (χ1v) is 8.71. The molecule has 0 spiro atoms. The largest absolute Gasteiger partial charge is 0.356 e. The predicted octanol–water partition coefficient (Wildman–Crippen LogP) is 3.49. The van der Waals surface area contributed by atoms with E-state index in [9.17, 15) is 4.79 Å². The van der Waals surface area contributed by atoms with Crippen molar-refractivity contribution in [2.75, 3.05) is 13.6 Å². The number of nitrogens with one attached hydrogen (secondary N) is 1. The Morgan fingerprint density at radius 2 is 2.21 bits per heavy atom. The van der Waals surface area contributed by atoms with Crippen molar-refractivity contribution in [2.45, 2.75) is 38.3 Å². The van der Waals surface area contributed by atoms with E-state index in [-0.39, 0.29) is 11.9 Å². The van der Waals surface area contributed by atoms with Crippen molar-refractivity contribution in [3.8, 4) is 11.3 Å². The van der Waals surface area contributed by atoms with Gasteiger partial charge in [-0.25, -0.2) is 0 Å². The van der Waals surface area contributed by atoms with E-state index in [0.29, 0.717) is 23.0 Å². The summed E-state index contributed by atoms with van der Waals surface area (Å²) in [5.41, 5.74) is 1.49. The van der Waals surface area contributed by atoms with Crippen molar-refractivity contribution in [1.29, 1.82) is 0 Å². The van der Waals surface area contributed by atoms with Gasteiger partial charge in [-0.2, -0.15) is 0 Å². The second-order valence-corrected chi connectivity index (χ2v) is 6.63. The van der Waals surface area contributed by atoms with Crippen LogP contribution in [0.15, 0.2) is 34.9 Å². The zero-order chi connectivity index (χ0) is 16.9. The first-order chi connectivity index (χ1) is 11.6. The predicted molar refractivity (Wildman–Crippen MR) is 93.7 cm³/mol. The van der Waals surface area contributed by atoms with E-state index in [1.54, 1.807) is 0 Å². The molecule has 24 heavy (non-hydrogen) atoms. The molecule has 1 saturated heterocycles. The summed E-state index contributed by atoms with van der Waals surface area (Å²) >= 11 is 6.17. The molecule has 0 aliphatic carbocycles. The zero-order valence-electron chi connectivity index (χ0n) is 13.8. The number of hydrogen-bond acceptors (Lipinski definition) is 4. The summed E-state index contributed by atoms with van der Waals surface area (Å²) in [5, 5.41) is 7.61. The molecule has 1 fully saturated rings. The van der Waals surface area contributed by atoms with Gasteiger partial charge in [0, 0.05) is 11.6 Å². The molecular formula is C18H22ClN3O2. The third kappa shape index (κ3) is 3.97. The minimum absolute atomic E-state index is 0.0533. The fourth-order valence-electron chi connectivity index (χ4n) is 3.06. The molecule has 1 aliphatic rings. The molecule has 1 aromatic heterocycles. The van der Waals surface area contributed by atoms with E-state index in [4.69, 9.17) is 16.1 Å². The molecule has 0 radical (unpaired) electrons. The van der Waals surface area contributed by atoms with Gasteiger partial charge in [-0.15, -0.1) is 0 Å². The smallest absolute Gasteiger partial charge is 0.237 e. The van der Waals surface area contributed by atoms with Gasteiger partial charge in [0.25, 0.3) is 0 Å². The van der Waals surface area contributed by atoms with E-state index in [2.05, 4.69) is 15.4 Å². The van der Waals surface area contributed by atoms with Crippen LogP contribution in [0.3, 0.4) is 0 Å². The topological polar surface area (TPSA) is 58.4 Å². The van der Waals surface area contributed by atoms with Gasteiger partial charge >= 0.3 is 0 Å². The summed E-state index contributed by atoms with van der Waals surface area (Å²) in [7, 11) is 2.02. The Bertz CT molecular complexity index is 701. The first-order valence-electron chi connectivity index (χ1n) is 8.33. The highest BCUT2D eigenvalue weighted by molar-refractivity contribution is 6.33. The SMILES string of the molecule is CN1CCCCC[C@H]1C(=O)NCc1cc(-c2ccccc2Cl)on1. The molecule has 1 N–H and O–H groups in total. The molecule has 1 atom stereocenters. The molecule has 0 bridgehead atoms. The van der Waals surface area contributed by atoms with Gasteiger partial charge < -0.3 is 9.84 Å². The summed E-state index contributed by atoms with van der Waals surface area (Å²) in [6.45, 7) is 1.33. The molecule has 0 saturated carbocycles. The lowest BCUT2D eigenvalue weighted by Gasteiger charge is -2.24. The van der Waals surface area contributed by atoms with Crippen LogP contribution in [-0.4, -0.2) is 35.6 Å². The number of nitrogens with zero attached hydrogens (tertiary/aromatic N) is 2. The second-order valence-electron chi connectivity index (χ2n) is 6.23. The Balaban J connectivity index is 1.61. The van der Waals surface area contributed by atoms with Crippen molar-refractivity contribution in [3.05, 3.63) is 41.0 Å². The number of amides is 1. The van der Waals surface area contributed by atoms with Gasteiger partial charge in [0.15, 0.2) is 5.76 Å². The van der Waals surface area contributed by atoms with Crippen LogP contribution in [0.4, 0.5) is 0 Å². The first kappa shape index (κ1) is 17.0. The molecule has 2 heterocycles. The number of rotatable bonds is 4. The van der Waals surface area contributed by atoms with Crippen LogP contribution in [0.1, 0.15) is 31.4 Å². The minimum Gasteiger partial charge on any atom is -0.356 e. The monoisotopic (exact) mass is 347 g/mol. The van der Waals surface area contributed by atoms with Gasteiger partial charge in [-0.05, 0) is 38.6 Å². The lowest BCUT2D eigenvalue weighted by atomic mass is 10.1. The van der Waals surface area contributed by atoms with E-state index in [1.165, 1.54) is 6.42 Å². The summed E-state index contributed by atoms with van der Waals surface area (Å²) < 4.78 is 5.35. The van der Waals surface area contributed by atoms with Crippen LogP contribution >= 0.6 is 11.6 Å². The van der Waals surface area contributed by atoms with Crippen LogP contribution in [0.5, 0.6) is 0 Å². The molecule has 3 rings (SSSR count). The third-order valence-electron chi connectivity index (χ3n) is 4.47. The van der Waals surface area contributed by atoms with Crippen LogP contribution in [0.25, 0.3) is 11.3 Å². The van der Waals surface area contributed by atoms with Crippen LogP contribution in [0, 0.1) is 0 Å². The standard InChI is InChI=1S/C18H22ClN3O2/c1-22-10-6-2-3-9-16(22)18(23)20-12-13-11-17(24-21-13)14-7-4-5-8-15(14)19/h4-5,7-8,11,16H,2-3,6,9-10,12H2,1H3,(H,20,23)/t16-/m0/s1. The highest BCUT2D eigenvalue weighted by atomic mass is 35.5. The second kappa shape index (κ2) is 7.81. The molecule has 5 nitrogen and oxygen atoms in total. The molecule has 2 aromatic rings. The number of carbonyl (C=O) groups is 1. The summed E-state index contributed by atoms with van der Waals surface area (Å²) in [5.74, 6) is 0.665. The van der Waals surface area contributed by atoms with Gasteiger partial charge in [0.05, 0.1) is 17.6 Å². The molecular weight excluding hydrogens is 326 g/mol. The van der Waals surface area contributed by atoms with Crippen LogP contribution < -0.4 is 5.32 Å². The Hall–Kier alpha value is -1.85. The number of benzene rings is 1. The number of carbonyl (C=O) groups excluding carboxylic acids is 1. The Morgan fingerprint density at radius 1 is 1.38 bits per heavy atom. The Morgan fingerprint density at radius 3 is 3.04 bits per heavy atom. The normalized spacial score (nSPS) is 19.0. The van der Waals surface area contributed by atoms with Crippen molar-refractivity contribution in [2.24, 2.45) is 0 Å². The van der Waals surface area contributed by atoms with Crippen molar-refractivity contribution < 1.29 is 9.32 Å². The molecule has 0 unspecified atom stereocenters. The number of likely N-dealkylation sites (tertiary alicyclic amines) is 1. The summed E-state index contributed by atoms with van der Waals surface area (Å²) in [6, 6.07) is 9.22. The van der Waals surface area contributed by atoms with E-state index >= 15 is 0 Å². The molecule has 6 heteroatoms. The van der Waals surface area contributed by atoms with E-state index < -0.39 is 0 Å². The molecule has 1 aliphatic heterocycles. The van der Waals surface area contributed by atoms with Crippen molar-refractivity contribution in [1.82, 2.24) is 15.4 Å². The average molecular weight is 348 g/mol. The molecule has 1 amide bonds. The summed E-state index contributed by atoms with van der Waals surface area (Å²) in [6.07, 6.45) is 4.36. The Kier molecular flexibility index (Phi) is 5.53. The molecule has 1 aromatic carbocycles. The van der Waals surface area contributed by atoms with Crippen molar-refractivity contribution >= 4 is 17.5 Å².